The Morgan fingerprint density at radius 2 is 1.64 bits per heavy atom. The van der Waals surface area contributed by atoms with Crippen LogP contribution in [0.3, 0.4) is 0 Å². The van der Waals surface area contributed by atoms with Gasteiger partial charge in [0, 0.05) is 18.2 Å². The molecule has 0 amide bonds. The van der Waals surface area contributed by atoms with Gasteiger partial charge in [0.2, 0.25) is 0 Å². The largest absolute Gasteiger partial charge is 0.496 e. The average molecular weight is 341 g/mol. The maximum Gasteiger partial charge on any atom is 0.142 e. The second-order valence-electron chi connectivity index (χ2n) is 5.77. The normalized spacial score (nSPS) is 9.64. The molecule has 0 spiro atoms. The first-order chi connectivity index (χ1) is 12.2. The molecule has 0 aliphatic heterocycles. The van der Waals surface area contributed by atoms with Crippen LogP contribution in [0.4, 0.5) is 5.69 Å². The van der Waals surface area contributed by atoms with Gasteiger partial charge in [0.1, 0.15) is 29.2 Å². The van der Waals surface area contributed by atoms with Gasteiger partial charge in [0.05, 0.1) is 19.9 Å². The summed E-state index contributed by atoms with van der Waals surface area (Å²) in [7, 11) is 3.16. The minimum atomic E-state index is 0.0214. The van der Waals surface area contributed by atoms with Crippen LogP contribution in [-0.4, -0.2) is 20.8 Å². The zero-order valence-corrected chi connectivity index (χ0v) is 15.4. The highest BCUT2D eigenvalue weighted by atomic mass is 16.5. The van der Waals surface area contributed by atoms with Gasteiger partial charge >= 0.3 is 0 Å². The van der Waals surface area contributed by atoms with Gasteiger partial charge in [-0.05, 0) is 18.6 Å². The molecule has 0 aliphatic carbocycles. The van der Waals surface area contributed by atoms with Gasteiger partial charge in [-0.2, -0.15) is 10.5 Å². The number of anilines is 1. The zero-order chi connectivity index (χ0) is 18.5. The lowest BCUT2D eigenvalue weighted by atomic mass is 10.1. The van der Waals surface area contributed by atoms with E-state index in [2.05, 4.69) is 12.2 Å². The predicted octanol–water partition coefficient (Wildman–Crippen LogP) is 4.91. The summed E-state index contributed by atoms with van der Waals surface area (Å²) >= 11 is 0. The third-order valence-corrected chi connectivity index (χ3v) is 3.94. The summed E-state index contributed by atoms with van der Waals surface area (Å²) in [5, 5.41) is 21.2. The molecular formula is C20H27N3O2. The molecule has 0 atom stereocenters. The summed E-state index contributed by atoms with van der Waals surface area (Å²) in [6, 6.07) is 7.33. The Hall–Kier alpha value is -2.66. The molecule has 5 heteroatoms. The zero-order valence-electron chi connectivity index (χ0n) is 15.4. The predicted molar refractivity (Wildman–Crippen MR) is 101 cm³/mol. The van der Waals surface area contributed by atoms with E-state index in [1.165, 1.54) is 38.2 Å². The van der Waals surface area contributed by atoms with Gasteiger partial charge in [-0.15, -0.1) is 0 Å². The van der Waals surface area contributed by atoms with E-state index in [4.69, 9.17) is 20.0 Å². The summed E-state index contributed by atoms with van der Waals surface area (Å²) in [6.07, 6.45) is 8.94. The van der Waals surface area contributed by atoms with Crippen LogP contribution >= 0.6 is 0 Å². The molecule has 0 heterocycles. The summed E-state index contributed by atoms with van der Waals surface area (Å²) in [5.74, 6) is 1.25. The highest BCUT2D eigenvalue weighted by Crippen LogP contribution is 2.34. The van der Waals surface area contributed by atoms with Gasteiger partial charge in [-0.25, -0.2) is 0 Å². The van der Waals surface area contributed by atoms with E-state index in [-0.39, 0.29) is 5.57 Å². The van der Waals surface area contributed by atoms with Gasteiger partial charge in [-0.3, -0.25) is 0 Å². The number of allylic oxidation sites excluding steroid dienone is 1. The molecule has 0 unspecified atom stereocenters. The highest BCUT2D eigenvalue weighted by Gasteiger charge is 2.10. The Morgan fingerprint density at radius 3 is 2.24 bits per heavy atom. The first kappa shape index (κ1) is 20.4. The number of unbranched alkanes of at least 4 members (excludes halogenated alkanes) is 5. The Kier molecular flexibility index (Phi) is 9.63. The fourth-order valence-electron chi connectivity index (χ4n) is 2.55. The SMILES string of the molecule is CCCCCCCCNc1cc(OC)c(C=C(C#N)C#N)cc1OC. The van der Waals surface area contributed by atoms with Crippen LogP contribution in [0.25, 0.3) is 6.08 Å². The van der Waals surface area contributed by atoms with Crippen molar-refractivity contribution in [2.75, 3.05) is 26.1 Å². The monoisotopic (exact) mass is 341 g/mol. The maximum absolute atomic E-state index is 8.93. The Bertz CT molecular complexity index is 638. The molecule has 0 radical (unpaired) electrons. The van der Waals surface area contributed by atoms with Gasteiger partial charge in [-0.1, -0.05) is 39.0 Å². The molecule has 0 aliphatic rings. The highest BCUT2D eigenvalue weighted by molar-refractivity contribution is 5.73. The standard InChI is InChI=1S/C20H27N3O2/c1-4-5-6-7-8-9-10-23-18-13-19(24-2)17(12-20(18)25-3)11-16(14-21)15-22/h11-13,23H,4-10H2,1-3H3. The molecule has 0 bridgehead atoms. The Balaban J connectivity index is 2.79. The number of hydrogen-bond acceptors (Lipinski definition) is 5. The molecule has 25 heavy (non-hydrogen) atoms. The van der Waals surface area contributed by atoms with Crippen molar-refractivity contribution in [3.05, 3.63) is 23.3 Å². The van der Waals surface area contributed by atoms with Crippen molar-refractivity contribution in [1.29, 1.82) is 10.5 Å². The van der Waals surface area contributed by atoms with E-state index in [1.54, 1.807) is 20.3 Å². The fraction of sp³-hybridized carbons (Fsp3) is 0.500. The molecule has 0 saturated carbocycles. The van der Waals surface area contributed by atoms with Crippen LogP contribution in [0, 0.1) is 22.7 Å². The maximum atomic E-state index is 8.93. The van der Waals surface area contributed by atoms with Crippen molar-refractivity contribution in [2.24, 2.45) is 0 Å². The number of methoxy groups -OCH3 is 2. The summed E-state index contributed by atoms with van der Waals surface area (Å²) in [4.78, 5) is 0. The van der Waals surface area contributed by atoms with Crippen LogP contribution in [-0.2, 0) is 0 Å². The van der Waals surface area contributed by atoms with E-state index in [9.17, 15) is 0 Å². The lowest BCUT2D eigenvalue weighted by Crippen LogP contribution is -2.04. The molecule has 1 rings (SSSR count). The number of benzene rings is 1. The molecular weight excluding hydrogens is 314 g/mol. The molecule has 1 N–H and O–H groups in total. The minimum Gasteiger partial charge on any atom is -0.496 e. The lowest BCUT2D eigenvalue weighted by molar-refractivity contribution is 0.403. The van der Waals surface area contributed by atoms with Crippen molar-refractivity contribution < 1.29 is 9.47 Å². The second kappa shape index (κ2) is 11.8. The molecule has 0 aromatic heterocycles. The van der Waals surface area contributed by atoms with Crippen molar-refractivity contribution in [3.63, 3.8) is 0 Å². The topological polar surface area (TPSA) is 78.1 Å². The Labute approximate surface area is 150 Å². The van der Waals surface area contributed by atoms with Gasteiger partial charge in [0.25, 0.3) is 0 Å². The second-order valence-corrected chi connectivity index (χ2v) is 5.77. The number of hydrogen-bond donors (Lipinski definition) is 1. The summed E-state index contributed by atoms with van der Waals surface area (Å²) < 4.78 is 10.8. The fourth-order valence-corrected chi connectivity index (χ4v) is 2.55. The average Bonchev–Trinajstić information content (AvgIpc) is 2.65. The Morgan fingerprint density at radius 1 is 1.00 bits per heavy atom. The molecule has 0 fully saturated rings. The van der Waals surface area contributed by atoms with Crippen molar-refractivity contribution in [2.45, 2.75) is 45.4 Å². The van der Waals surface area contributed by atoms with Crippen LogP contribution in [0.5, 0.6) is 11.5 Å². The van der Waals surface area contributed by atoms with Crippen LogP contribution in [0.2, 0.25) is 0 Å². The van der Waals surface area contributed by atoms with Crippen molar-refractivity contribution >= 4 is 11.8 Å². The van der Waals surface area contributed by atoms with Gasteiger partial charge < -0.3 is 14.8 Å². The number of nitrogens with one attached hydrogen (secondary N) is 1. The number of nitriles is 2. The summed E-state index contributed by atoms with van der Waals surface area (Å²) in [5.41, 5.74) is 1.51. The minimum absolute atomic E-state index is 0.0214. The molecule has 1 aromatic rings. The molecule has 5 nitrogen and oxygen atoms in total. The van der Waals surface area contributed by atoms with E-state index in [0.29, 0.717) is 17.1 Å². The number of nitrogens with zero attached hydrogens (tertiary/aromatic N) is 2. The van der Waals surface area contributed by atoms with E-state index in [1.807, 2.05) is 18.2 Å². The van der Waals surface area contributed by atoms with Crippen LogP contribution < -0.4 is 14.8 Å². The molecule has 134 valence electrons. The smallest absolute Gasteiger partial charge is 0.142 e. The quantitative estimate of drug-likeness (QED) is 0.457. The van der Waals surface area contributed by atoms with E-state index in [0.717, 1.165) is 18.7 Å². The van der Waals surface area contributed by atoms with E-state index >= 15 is 0 Å². The lowest BCUT2D eigenvalue weighted by Gasteiger charge is -2.15. The van der Waals surface area contributed by atoms with E-state index < -0.39 is 0 Å². The summed E-state index contributed by atoms with van der Waals surface area (Å²) in [6.45, 7) is 3.08. The molecule has 0 saturated heterocycles. The number of ether oxygens (including phenoxy) is 2. The third kappa shape index (κ3) is 6.77. The first-order valence-corrected chi connectivity index (χ1v) is 8.71. The van der Waals surface area contributed by atoms with Crippen molar-refractivity contribution in [3.8, 4) is 23.6 Å². The van der Waals surface area contributed by atoms with Crippen LogP contribution in [0.15, 0.2) is 17.7 Å². The van der Waals surface area contributed by atoms with Crippen molar-refractivity contribution in [1.82, 2.24) is 0 Å². The number of rotatable bonds is 11. The van der Waals surface area contributed by atoms with Gasteiger partial charge in [0.15, 0.2) is 0 Å². The first-order valence-electron chi connectivity index (χ1n) is 8.71. The van der Waals surface area contributed by atoms with Crippen LogP contribution in [0.1, 0.15) is 51.0 Å². The molecule has 1 aromatic carbocycles. The third-order valence-electron chi connectivity index (χ3n) is 3.94.